The normalized spacial score (nSPS) is 16.9. The lowest BCUT2D eigenvalue weighted by Crippen LogP contribution is -2.46. The van der Waals surface area contributed by atoms with Gasteiger partial charge in [-0.2, -0.15) is 15.0 Å². The van der Waals surface area contributed by atoms with Gasteiger partial charge in [0.25, 0.3) is 11.9 Å². The Hall–Kier alpha value is -3.23. The predicted octanol–water partition coefficient (Wildman–Crippen LogP) is 6.43. The van der Waals surface area contributed by atoms with E-state index in [9.17, 15) is 0 Å². The van der Waals surface area contributed by atoms with Crippen LogP contribution in [0.5, 0.6) is 0 Å². The summed E-state index contributed by atoms with van der Waals surface area (Å²) in [6, 6.07) is 21.0. The second-order valence-corrected chi connectivity index (χ2v) is 10.0. The van der Waals surface area contributed by atoms with Gasteiger partial charge in [0.2, 0.25) is 5.95 Å². The fourth-order valence-electron chi connectivity index (χ4n) is 5.43. The molecule has 196 valence electrons. The first-order chi connectivity index (χ1) is 18.3. The largest absolute Gasteiger partial charge is 0.335 e. The average molecular weight is 503 g/mol. The second-order valence-electron chi connectivity index (χ2n) is 10.0. The minimum atomic E-state index is 0.378. The van der Waals surface area contributed by atoms with Gasteiger partial charge < -0.3 is 4.90 Å². The molecule has 0 unspecified atom stereocenters. The topological polar surface area (TPSA) is 84.4 Å². The number of nitrogens with one attached hydrogen (secondary N) is 2. The highest BCUT2D eigenvalue weighted by atomic mass is 16.7. The zero-order valence-electron chi connectivity index (χ0n) is 21.5. The molecule has 0 aliphatic heterocycles. The van der Waals surface area contributed by atoms with Crippen molar-refractivity contribution in [2.45, 2.75) is 89.5 Å². The van der Waals surface area contributed by atoms with Crippen LogP contribution in [0.3, 0.4) is 0 Å². The Morgan fingerprint density at radius 1 is 0.595 bits per heavy atom. The van der Waals surface area contributed by atoms with Crippen molar-refractivity contribution >= 4 is 17.8 Å². The fourth-order valence-corrected chi connectivity index (χ4v) is 5.43. The molecule has 8 heteroatoms. The van der Waals surface area contributed by atoms with E-state index >= 15 is 0 Å². The molecule has 2 aromatic carbocycles. The van der Waals surface area contributed by atoms with E-state index in [2.05, 4.69) is 20.8 Å². The molecule has 0 saturated heterocycles. The zero-order chi connectivity index (χ0) is 25.1. The fraction of sp³-hybridized carbons (Fsp3) is 0.483. The van der Waals surface area contributed by atoms with Crippen LogP contribution in [-0.4, -0.2) is 27.0 Å². The first kappa shape index (κ1) is 25.4. The molecule has 2 saturated carbocycles. The highest BCUT2D eigenvalue weighted by Crippen LogP contribution is 2.33. The SMILES string of the molecule is c1ccc(CONc2nc(NOCc3ccccc3)nc(N(C3CCCCC3)C3CCCCC3)n2)cc1. The summed E-state index contributed by atoms with van der Waals surface area (Å²) in [5.74, 6) is 1.46. The van der Waals surface area contributed by atoms with Crippen LogP contribution in [0.25, 0.3) is 0 Å². The Morgan fingerprint density at radius 2 is 1.03 bits per heavy atom. The summed E-state index contributed by atoms with van der Waals surface area (Å²) in [4.78, 5) is 28.3. The Morgan fingerprint density at radius 3 is 1.46 bits per heavy atom. The molecule has 3 aromatic rings. The number of aromatic nitrogens is 3. The lowest BCUT2D eigenvalue weighted by molar-refractivity contribution is 0.173. The quantitative estimate of drug-likeness (QED) is 0.290. The lowest BCUT2D eigenvalue weighted by atomic mass is 9.89. The van der Waals surface area contributed by atoms with Crippen LogP contribution >= 0.6 is 0 Å². The first-order valence-electron chi connectivity index (χ1n) is 13.7. The number of anilines is 3. The summed E-state index contributed by atoms with van der Waals surface area (Å²) >= 11 is 0. The van der Waals surface area contributed by atoms with Crippen LogP contribution in [0, 0.1) is 0 Å². The van der Waals surface area contributed by atoms with Gasteiger partial charge in [0, 0.05) is 12.1 Å². The van der Waals surface area contributed by atoms with Gasteiger partial charge in [-0.05, 0) is 36.8 Å². The van der Waals surface area contributed by atoms with E-state index in [1.165, 1.54) is 64.2 Å². The highest BCUT2D eigenvalue weighted by Gasteiger charge is 2.31. The van der Waals surface area contributed by atoms with Gasteiger partial charge in [-0.25, -0.2) is 11.0 Å². The van der Waals surface area contributed by atoms with Gasteiger partial charge in [-0.1, -0.05) is 99.2 Å². The highest BCUT2D eigenvalue weighted by molar-refractivity contribution is 5.44. The van der Waals surface area contributed by atoms with Crippen molar-refractivity contribution in [3.63, 3.8) is 0 Å². The first-order valence-corrected chi connectivity index (χ1v) is 13.7. The molecule has 2 fully saturated rings. The van der Waals surface area contributed by atoms with Gasteiger partial charge in [0.15, 0.2) is 0 Å². The van der Waals surface area contributed by atoms with Crippen molar-refractivity contribution in [3.05, 3.63) is 71.8 Å². The molecule has 2 aliphatic carbocycles. The van der Waals surface area contributed by atoms with Crippen LogP contribution in [0.4, 0.5) is 17.8 Å². The van der Waals surface area contributed by atoms with E-state index in [1.54, 1.807) is 0 Å². The summed E-state index contributed by atoms with van der Waals surface area (Å²) in [6.07, 6.45) is 12.4. The Kier molecular flexibility index (Phi) is 9.17. The number of benzene rings is 2. The predicted molar refractivity (Wildman–Crippen MR) is 146 cm³/mol. The van der Waals surface area contributed by atoms with Crippen molar-refractivity contribution in [1.29, 1.82) is 0 Å². The maximum absolute atomic E-state index is 5.77. The summed E-state index contributed by atoms with van der Waals surface area (Å²) in [6.45, 7) is 0.814. The van der Waals surface area contributed by atoms with Crippen LogP contribution in [0.2, 0.25) is 0 Å². The summed E-state index contributed by atoms with van der Waals surface area (Å²) in [5.41, 5.74) is 8.06. The Bertz CT molecular complexity index is 991. The van der Waals surface area contributed by atoms with Gasteiger partial charge in [-0.15, -0.1) is 0 Å². The van der Waals surface area contributed by atoms with E-state index < -0.39 is 0 Å². The molecule has 37 heavy (non-hydrogen) atoms. The standard InChI is InChI=1S/C29H38N6O2/c1-5-13-23(14-6-1)21-36-33-27-30-28(34-37-22-24-15-7-2-8-16-24)32-29(31-27)35(25-17-9-3-10-18-25)26-19-11-4-12-20-26/h1-2,5-8,13-16,25-26H,3-4,9-12,17-22H2,(H2,30,31,32,33,34). The van der Waals surface area contributed by atoms with Gasteiger partial charge in [0.05, 0.1) is 13.2 Å². The van der Waals surface area contributed by atoms with Crippen molar-refractivity contribution in [2.24, 2.45) is 0 Å². The van der Waals surface area contributed by atoms with Crippen molar-refractivity contribution in [3.8, 4) is 0 Å². The summed E-state index contributed by atoms with van der Waals surface area (Å²) < 4.78 is 0. The number of nitrogens with zero attached hydrogens (tertiary/aromatic N) is 4. The third kappa shape index (κ3) is 7.40. The lowest BCUT2D eigenvalue weighted by Gasteiger charge is -2.41. The molecular weight excluding hydrogens is 464 g/mol. The summed E-state index contributed by atoms with van der Waals surface area (Å²) in [7, 11) is 0. The van der Waals surface area contributed by atoms with E-state index in [0.717, 1.165) is 11.1 Å². The molecular formula is C29H38N6O2. The monoisotopic (exact) mass is 502 g/mol. The van der Waals surface area contributed by atoms with Crippen molar-refractivity contribution in [1.82, 2.24) is 15.0 Å². The molecule has 5 rings (SSSR count). The van der Waals surface area contributed by atoms with E-state index in [1.807, 2.05) is 60.7 Å². The maximum atomic E-state index is 5.77. The van der Waals surface area contributed by atoms with Crippen LogP contribution < -0.4 is 15.9 Å². The molecule has 8 nitrogen and oxygen atoms in total. The molecule has 0 amide bonds. The maximum Gasteiger partial charge on any atom is 0.253 e. The van der Waals surface area contributed by atoms with Gasteiger partial charge in [-0.3, -0.25) is 9.68 Å². The smallest absolute Gasteiger partial charge is 0.253 e. The minimum absolute atomic E-state index is 0.378. The van der Waals surface area contributed by atoms with E-state index in [-0.39, 0.29) is 0 Å². The van der Waals surface area contributed by atoms with Gasteiger partial charge in [0.1, 0.15) is 0 Å². The molecule has 0 radical (unpaired) electrons. The molecule has 0 atom stereocenters. The van der Waals surface area contributed by atoms with Crippen molar-refractivity contribution < 1.29 is 9.68 Å². The van der Waals surface area contributed by atoms with Crippen LogP contribution in [0.15, 0.2) is 60.7 Å². The van der Waals surface area contributed by atoms with Gasteiger partial charge >= 0.3 is 0 Å². The number of hydrogen-bond donors (Lipinski definition) is 2. The third-order valence-corrected chi connectivity index (χ3v) is 7.28. The molecule has 0 bridgehead atoms. The zero-order valence-corrected chi connectivity index (χ0v) is 21.5. The molecule has 2 N–H and O–H groups in total. The van der Waals surface area contributed by atoms with E-state index in [4.69, 9.17) is 19.6 Å². The molecule has 1 heterocycles. The Labute approximate surface area is 219 Å². The number of hydrogen-bond acceptors (Lipinski definition) is 8. The molecule has 0 spiro atoms. The second kappa shape index (κ2) is 13.4. The number of rotatable bonds is 11. The summed E-state index contributed by atoms with van der Waals surface area (Å²) in [5, 5.41) is 0. The Balaban J connectivity index is 1.36. The van der Waals surface area contributed by atoms with E-state index in [0.29, 0.717) is 43.1 Å². The van der Waals surface area contributed by atoms with Crippen LogP contribution in [0.1, 0.15) is 75.3 Å². The van der Waals surface area contributed by atoms with Crippen molar-refractivity contribution in [2.75, 3.05) is 15.9 Å². The molecule has 2 aliphatic rings. The average Bonchev–Trinajstić information content (AvgIpc) is 2.96. The third-order valence-electron chi connectivity index (χ3n) is 7.28. The molecule has 1 aromatic heterocycles. The minimum Gasteiger partial charge on any atom is -0.335 e. The van der Waals surface area contributed by atoms with Crippen LogP contribution in [-0.2, 0) is 22.9 Å².